The van der Waals surface area contributed by atoms with Gasteiger partial charge in [0.1, 0.15) is 0 Å². The highest BCUT2D eigenvalue weighted by Crippen LogP contribution is 2.40. The van der Waals surface area contributed by atoms with Crippen LogP contribution in [0.15, 0.2) is 24.3 Å². The van der Waals surface area contributed by atoms with Crippen molar-refractivity contribution in [2.75, 3.05) is 6.54 Å². The van der Waals surface area contributed by atoms with Gasteiger partial charge < -0.3 is 11.1 Å². The lowest BCUT2D eigenvalue weighted by atomic mass is 9.68. The Balaban J connectivity index is 2.03. The Morgan fingerprint density at radius 3 is 2.78 bits per heavy atom. The standard InChI is InChI=1S/C14H19ClN2O/c1-10(11-4-2-5-12(15)8-11)17-13(18)14(9-16)6-3-7-14/h2,4-5,8,10H,3,6-7,9,16H2,1H3,(H,17,18)/t10-/m0/s1. The van der Waals surface area contributed by atoms with Crippen molar-refractivity contribution in [3.05, 3.63) is 34.9 Å². The molecule has 18 heavy (non-hydrogen) atoms. The molecule has 0 aliphatic heterocycles. The topological polar surface area (TPSA) is 55.1 Å². The van der Waals surface area contributed by atoms with E-state index in [2.05, 4.69) is 5.32 Å². The van der Waals surface area contributed by atoms with Crippen molar-refractivity contribution in [1.29, 1.82) is 0 Å². The number of rotatable bonds is 4. The van der Waals surface area contributed by atoms with Crippen molar-refractivity contribution >= 4 is 17.5 Å². The van der Waals surface area contributed by atoms with Crippen LogP contribution in [-0.4, -0.2) is 12.5 Å². The average Bonchev–Trinajstić information content (AvgIpc) is 2.28. The fourth-order valence-corrected chi connectivity index (χ4v) is 2.54. The number of halogens is 1. The third kappa shape index (κ3) is 2.52. The molecule has 0 saturated heterocycles. The summed E-state index contributed by atoms with van der Waals surface area (Å²) >= 11 is 5.95. The molecule has 0 bridgehead atoms. The first-order chi connectivity index (χ1) is 8.57. The molecular formula is C14H19ClN2O. The summed E-state index contributed by atoms with van der Waals surface area (Å²) < 4.78 is 0. The molecule has 0 spiro atoms. The molecule has 0 aromatic heterocycles. The summed E-state index contributed by atoms with van der Waals surface area (Å²) in [5, 5.41) is 3.73. The third-order valence-electron chi connectivity index (χ3n) is 3.88. The summed E-state index contributed by atoms with van der Waals surface area (Å²) in [4.78, 5) is 12.2. The molecule has 1 atom stereocenters. The molecule has 4 heteroatoms. The quantitative estimate of drug-likeness (QED) is 0.880. The molecule has 1 aliphatic carbocycles. The minimum Gasteiger partial charge on any atom is -0.349 e. The molecule has 2 rings (SSSR count). The molecule has 3 N–H and O–H groups in total. The summed E-state index contributed by atoms with van der Waals surface area (Å²) in [6, 6.07) is 7.52. The van der Waals surface area contributed by atoms with Crippen LogP contribution >= 0.6 is 11.6 Å². The van der Waals surface area contributed by atoms with E-state index in [0.717, 1.165) is 24.8 Å². The van der Waals surface area contributed by atoms with Gasteiger partial charge in [0.2, 0.25) is 5.91 Å². The summed E-state index contributed by atoms with van der Waals surface area (Å²) in [7, 11) is 0. The number of nitrogens with two attached hydrogens (primary N) is 1. The molecule has 1 amide bonds. The molecule has 0 heterocycles. The number of carbonyl (C=O) groups excluding carboxylic acids is 1. The van der Waals surface area contributed by atoms with Gasteiger partial charge in [-0.1, -0.05) is 30.2 Å². The average molecular weight is 267 g/mol. The van der Waals surface area contributed by atoms with Gasteiger partial charge in [0.25, 0.3) is 0 Å². The van der Waals surface area contributed by atoms with Crippen molar-refractivity contribution in [3.8, 4) is 0 Å². The van der Waals surface area contributed by atoms with E-state index >= 15 is 0 Å². The van der Waals surface area contributed by atoms with Gasteiger partial charge in [-0.25, -0.2) is 0 Å². The summed E-state index contributed by atoms with van der Waals surface area (Å²) in [6.45, 7) is 2.40. The molecule has 1 aliphatic rings. The predicted molar refractivity (Wildman–Crippen MR) is 73.3 cm³/mol. The van der Waals surface area contributed by atoms with E-state index in [-0.39, 0.29) is 17.4 Å². The highest BCUT2D eigenvalue weighted by molar-refractivity contribution is 6.30. The molecule has 1 aromatic carbocycles. The molecule has 1 fully saturated rings. The third-order valence-corrected chi connectivity index (χ3v) is 4.11. The van der Waals surface area contributed by atoms with E-state index in [0.29, 0.717) is 11.6 Å². The van der Waals surface area contributed by atoms with Gasteiger partial charge in [0.05, 0.1) is 11.5 Å². The first-order valence-electron chi connectivity index (χ1n) is 6.34. The van der Waals surface area contributed by atoms with Gasteiger partial charge in [0, 0.05) is 11.6 Å². The number of hydrogen-bond donors (Lipinski definition) is 2. The van der Waals surface area contributed by atoms with Crippen LogP contribution in [0.1, 0.15) is 37.8 Å². The SMILES string of the molecule is C[C@H](NC(=O)C1(CN)CCC1)c1cccc(Cl)c1. The second-order valence-electron chi connectivity index (χ2n) is 5.09. The van der Waals surface area contributed by atoms with Crippen molar-refractivity contribution in [1.82, 2.24) is 5.32 Å². The van der Waals surface area contributed by atoms with Crippen LogP contribution < -0.4 is 11.1 Å². The van der Waals surface area contributed by atoms with Crippen LogP contribution in [0, 0.1) is 5.41 Å². The Morgan fingerprint density at radius 2 is 2.28 bits per heavy atom. The maximum atomic E-state index is 12.2. The van der Waals surface area contributed by atoms with Crippen LogP contribution in [-0.2, 0) is 4.79 Å². The number of benzene rings is 1. The zero-order valence-corrected chi connectivity index (χ0v) is 11.3. The fourth-order valence-electron chi connectivity index (χ4n) is 2.34. The Kier molecular flexibility index (Phi) is 3.93. The smallest absolute Gasteiger partial charge is 0.227 e. The van der Waals surface area contributed by atoms with Crippen molar-refractivity contribution in [3.63, 3.8) is 0 Å². The second-order valence-corrected chi connectivity index (χ2v) is 5.52. The molecule has 0 radical (unpaired) electrons. The molecule has 98 valence electrons. The zero-order chi connectivity index (χ0) is 13.2. The van der Waals surface area contributed by atoms with Gasteiger partial charge in [-0.05, 0) is 37.5 Å². The zero-order valence-electron chi connectivity index (χ0n) is 10.6. The van der Waals surface area contributed by atoms with Gasteiger partial charge in [-0.3, -0.25) is 4.79 Å². The summed E-state index contributed by atoms with van der Waals surface area (Å²) in [5.41, 5.74) is 6.42. The van der Waals surface area contributed by atoms with E-state index < -0.39 is 0 Å². The normalized spacial score (nSPS) is 18.8. The second kappa shape index (κ2) is 5.29. The van der Waals surface area contributed by atoms with E-state index in [4.69, 9.17) is 17.3 Å². The lowest BCUT2D eigenvalue weighted by molar-refractivity contribution is -0.135. The summed E-state index contributed by atoms with van der Waals surface area (Å²) in [6.07, 6.45) is 2.89. The van der Waals surface area contributed by atoms with Crippen molar-refractivity contribution in [2.45, 2.75) is 32.2 Å². The van der Waals surface area contributed by atoms with Gasteiger partial charge >= 0.3 is 0 Å². The Morgan fingerprint density at radius 1 is 1.56 bits per heavy atom. The fraction of sp³-hybridized carbons (Fsp3) is 0.500. The Hall–Kier alpha value is -1.06. The number of amides is 1. The van der Waals surface area contributed by atoms with Gasteiger partial charge in [-0.2, -0.15) is 0 Å². The Bertz CT molecular complexity index is 438. The molecule has 0 unspecified atom stereocenters. The van der Waals surface area contributed by atoms with E-state index in [9.17, 15) is 4.79 Å². The van der Waals surface area contributed by atoms with Gasteiger partial charge in [-0.15, -0.1) is 0 Å². The van der Waals surface area contributed by atoms with Crippen LogP contribution in [0.3, 0.4) is 0 Å². The maximum absolute atomic E-state index is 12.2. The van der Waals surface area contributed by atoms with Crippen LogP contribution in [0.4, 0.5) is 0 Å². The lowest BCUT2D eigenvalue weighted by Gasteiger charge is -2.39. The Labute approximate surface area is 113 Å². The van der Waals surface area contributed by atoms with E-state index in [1.165, 1.54) is 0 Å². The first-order valence-corrected chi connectivity index (χ1v) is 6.72. The minimum absolute atomic E-state index is 0.0415. The van der Waals surface area contributed by atoms with E-state index in [1.807, 2.05) is 31.2 Å². The number of nitrogens with one attached hydrogen (secondary N) is 1. The molecule has 1 saturated carbocycles. The van der Waals surface area contributed by atoms with E-state index in [1.54, 1.807) is 0 Å². The number of carbonyl (C=O) groups is 1. The van der Waals surface area contributed by atoms with Crippen molar-refractivity contribution < 1.29 is 4.79 Å². The minimum atomic E-state index is -0.327. The largest absolute Gasteiger partial charge is 0.349 e. The maximum Gasteiger partial charge on any atom is 0.227 e. The first kappa shape index (κ1) is 13.4. The van der Waals surface area contributed by atoms with Gasteiger partial charge in [0.15, 0.2) is 0 Å². The van der Waals surface area contributed by atoms with Crippen LogP contribution in [0.2, 0.25) is 5.02 Å². The molecule has 1 aromatic rings. The van der Waals surface area contributed by atoms with Crippen molar-refractivity contribution in [2.24, 2.45) is 11.1 Å². The number of hydrogen-bond acceptors (Lipinski definition) is 2. The molecular weight excluding hydrogens is 248 g/mol. The highest BCUT2D eigenvalue weighted by Gasteiger charge is 2.43. The highest BCUT2D eigenvalue weighted by atomic mass is 35.5. The summed E-state index contributed by atoms with van der Waals surface area (Å²) in [5.74, 6) is 0.0729. The monoisotopic (exact) mass is 266 g/mol. The van der Waals surface area contributed by atoms with Crippen LogP contribution in [0.5, 0.6) is 0 Å². The lowest BCUT2D eigenvalue weighted by Crippen LogP contribution is -2.50. The van der Waals surface area contributed by atoms with Crippen LogP contribution in [0.25, 0.3) is 0 Å². The predicted octanol–water partition coefficient (Wildman–Crippen LogP) is 2.65. The molecule has 3 nitrogen and oxygen atoms in total.